The van der Waals surface area contributed by atoms with Crippen LogP contribution in [0.15, 0.2) is 34.5 Å². The fourth-order valence-electron chi connectivity index (χ4n) is 2.92. The van der Waals surface area contributed by atoms with E-state index in [1.165, 1.54) is 11.5 Å². The first-order valence-corrected chi connectivity index (χ1v) is 10.6. The summed E-state index contributed by atoms with van der Waals surface area (Å²) >= 11 is 0.983. The first-order valence-electron chi connectivity index (χ1n) is 8.38. The second-order valence-corrected chi connectivity index (χ2v) is 8.56. The summed E-state index contributed by atoms with van der Waals surface area (Å²) in [6, 6.07) is -1.30. The van der Waals surface area contributed by atoms with Crippen LogP contribution in [0.25, 0.3) is 0 Å². The van der Waals surface area contributed by atoms with Gasteiger partial charge in [-0.25, -0.2) is 14.6 Å². The van der Waals surface area contributed by atoms with Gasteiger partial charge in [-0.2, -0.15) is 0 Å². The van der Waals surface area contributed by atoms with Gasteiger partial charge in [0.1, 0.15) is 22.8 Å². The van der Waals surface area contributed by atoms with Crippen LogP contribution in [0.1, 0.15) is 5.69 Å². The number of β-lactam (4-membered cyclic amide) rings is 1. The Balaban J connectivity index is 1.85. The molecule has 2 amide bonds. The van der Waals surface area contributed by atoms with Gasteiger partial charge in [0.15, 0.2) is 10.8 Å². The number of anilines is 1. The Hall–Kier alpha value is -3.59. The van der Waals surface area contributed by atoms with E-state index in [4.69, 9.17) is 10.8 Å². The fraction of sp³-hybridized carbons (Fsp3) is 0.250. The van der Waals surface area contributed by atoms with Crippen LogP contribution in [0.5, 0.6) is 0 Å². The average Bonchev–Trinajstić information content (AvgIpc) is 3.13. The minimum atomic E-state index is -1.71. The predicted octanol–water partition coefficient (Wildman–Crippen LogP) is -1.53. The molecular weight excluding hydrogens is 454 g/mol. The maximum absolute atomic E-state index is 12.7. The molecule has 0 radical (unpaired) electrons. The van der Waals surface area contributed by atoms with E-state index in [9.17, 15) is 28.5 Å². The van der Waals surface area contributed by atoms with Gasteiger partial charge in [0, 0.05) is 5.38 Å². The number of thiazole rings is 1. The summed E-state index contributed by atoms with van der Waals surface area (Å²) in [6.07, 6.45) is 1.22. The molecule has 2 aliphatic rings. The number of aromatic nitrogens is 1. The third kappa shape index (κ3) is 4.17. The van der Waals surface area contributed by atoms with Gasteiger partial charge < -0.3 is 26.1 Å². The number of carbonyl (C=O) groups excluding carboxylic acids is 2. The number of allylic oxidation sites excluding steroid dienone is 1. The average molecular weight is 469 g/mol. The van der Waals surface area contributed by atoms with Crippen LogP contribution in [0, 0.1) is 0 Å². The largest absolute Gasteiger partial charge is 0.479 e. The zero-order valence-corrected chi connectivity index (χ0v) is 17.1. The minimum Gasteiger partial charge on any atom is -0.479 e. The lowest BCUT2D eigenvalue weighted by Gasteiger charge is -2.48. The number of rotatable bonds is 8. The Morgan fingerprint density at radius 1 is 1.48 bits per heavy atom. The zero-order valence-electron chi connectivity index (χ0n) is 15.5. The van der Waals surface area contributed by atoms with Crippen LogP contribution >= 0.6 is 11.3 Å². The molecule has 0 aromatic carbocycles. The second-order valence-electron chi connectivity index (χ2n) is 6.14. The molecule has 1 aromatic heterocycles. The van der Waals surface area contributed by atoms with Crippen molar-refractivity contribution in [2.45, 2.75) is 11.4 Å². The van der Waals surface area contributed by atoms with Gasteiger partial charge >= 0.3 is 11.9 Å². The quantitative estimate of drug-likeness (QED) is 0.196. The molecule has 1 unspecified atom stereocenters. The Morgan fingerprint density at radius 2 is 2.19 bits per heavy atom. The number of nitrogens with two attached hydrogens (primary N) is 1. The Morgan fingerprint density at radius 3 is 2.74 bits per heavy atom. The van der Waals surface area contributed by atoms with Crippen LogP contribution in [0.3, 0.4) is 0 Å². The molecule has 31 heavy (non-hydrogen) atoms. The normalized spacial score (nSPS) is 23.0. The lowest BCUT2D eigenvalue weighted by Crippen LogP contribution is -2.74. The number of carboxylic acid groups (broad SMARTS) is 2. The number of hydrogen-bond donors (Lipinski definition) is 4. The molecular formula is C16H15N5O8S2. The summed E-state index contributed by atoms with van der Waals surface area (Å²) < 4.78 is 12.6. The zero-order chi connectivity index (χ0) is 22.9. The number of nitrogen functional groups attached to an aromatic ring is 1. The number of amides is 2. The molecule has 3 atom stereocenters. The van der Waals surface area contributed by atoms with E-state index in [0.29, 0.717) is 0 Å². The summed E-state index contributed by atoms with van der Waals surface area (Å²) in [5, 5.41) is 24.3. The van der Waals surface area contributed by atoms with E-state index in [-0.39, 0.29) is 27.8 Å². The summed E-state index contributed by atoms with van der Waals surface area (Å²) in [6.45, 7) is 2.64. The van der Waals surface area contributed by atoms with Crippen molar-refractivity contribution >= 4 is 56.7 Å². The van der Waals surface area contributed by atoms with Crippen molar-refractivity contribution in [2.24, 2.45) is 5.16 Å². The predicted molar refractivity (Wildman–Crippen MR) is 107 cm³/mol. The molecule has 1 saturated heterocycles. The molecule has 0 aliphatic carbocycles. The Bertz CT molecular complexity index is 1080. The number of aliphatic carboxylic acids is 2. The molecule has 3 heterocycles. The summed E-state index contributed by atoms with van der Waals surface area (Å²) in [5.74, 6) is -4.64. The van der Waals surface area contributed by atoms with Crippen molar-refractivity contribution in [1.82, 2.24) is 15.2 Å². The van der Waals surface area contributed by atoms with Crippen LogP contribution in [0.2, 0.25) is 0 Å². The first kappa shape index (κ1) is 22.1. The number of hydrogen-bond acceptors (Lipinski definition) is 10. The number of fused-ring (bicyclic) bond motifs is 1. The van der Waals surface area contributed by atoms with Crippen molar-refractivity contribution in [1.29, 1.82) is 0 Å². The van der Waals surface area contributed by atoms with E-state index < -0.39 is 58.3 Å². The molecule has 1 aromatic rings. The van der Waals surface area contributed by atoms with Gasteiger partial charge in [-0.1, -0.05) is 17.8 Å². The molecule has 164 valence electrons. The molecule has 5 N–H and O–H groups in total. The number of oxime groups is 1. The van der Waals surface area contributed by atoms with Crippen LogP contribution < -0.4 is 11.1 Å². The third-order valence-corrected chi connectivity index (χ3v) is 6.51. The SMILES string of the molecule is C=CC1=C(C(=O)O)N2C(=O)[C@@H](NC(=O)/C(=N\OCC(=O)O)c3csc(N)n3)[C@H]2S(=O)C1. The maximum Gasteiger partial charge on any atom is 0.352 e. The van der Waals surface area contributed by atoms with Gasteiger partial charge in [0.25, 0.3) is 11.8 Å². The molecule has 0 bridgehead atoms. The van der Waals surface area contributed by atoms with Crippen LogP contribution in [-0.4, -0.2) is 77.5 Å². The highest BCUT2D eigenvalue weighted by molar-refractivity contribution is 7.86. The van der Waals surface area contributed by atoms with E-state index in [2.05, 4.69) is 26.9 Å². The molecule has 15 heteroatoms. The summed E-state index contributed by atoms with van der Waals surface area (Å²) in [5.41, 5.74) is 4.86. The summed E-state index contributed by atoms with van der Waals surface area (Å²) in [4.78, 5) is 56.9. The van der Waals surface area contributed by atoms with Gasteiger partial charge in [-0.05, 0) is 5.57 Å². The summed E-state index contributed by atoms with van der Waals surface area (Å²) in [7, 11) is -1.71. The topological polar surface area (TPSA) is 202 Å². The molecule has 0 spiro atoms. The van der Waals surface area contributed by atoms with Gasteiger partial charge in [0.2, 0.25) is 6.61 Å². The number of nitrogens with one attached hydrogen (secondary N) is 1. The van der Waals surface area contributed by atoms with E-state index >= 15 is 0 Å². The van der Waals surface area contributed by atoms with Gasteiger partial charge in [-0.15, -0.1) is 11.3 Å². The highest BCUT2D eigenvalue weighted by Gasteiger charge is 2.57. The van der Waals surface area contributed by atoms with E-state index in [0.717, 1.165) is 16.2 Å². The van der Waals surface area contributed by atoms with Crippen LogP contribution in [0.4, 0.5) is 5.13 Å². The molecule has 3 rings (SSSR count). The number of carboxylic acids is 2. The Kier molecular flexibility index (Phi) is 6.16. The van der Waals surface area contributed by atoms with Gasteiger partial charge in [0.05, 0.1) is 16.6 Å². The number of carbonyl (C=O) groups is 4. The highest BCUT2D eigenvalue weighted by Crippen LogP contribution is 2.35. The van der Waals surface area contributed by atoms with Crippen molar-refractivity contribution in [3.63, 3.8) is 0 Å². The molecule has 0 saturated carbocycles. The van der Waals surface area contributed by atoms with Crippen molar-refractivity contribution < 1.29 is 38.4 Å². The standard InChI is InChI=1S/C16H15N5O8S2/c1-2-6-5-31(28)14-10(13(25)21(14)11(6)15(26)27)19-12(24)9(20-29-3-8(22)23)7-4-30-16(17)18-7/h2,4,10,14H,1,3,5H2,(H2,17,18)(H,19,24)(H,22,23)(H,26,27)/b20-9-/t10-,14-,31?/m1/s1. The lowest BCUT2D eigenvalue weighted by molar-refractivity contribution is -0.150. The molecule has 13 nitrogen and oxygen atoms in total. The van der Waals surface area contributed by atoms with Crippen LogP contribution in [-0.2, 0) is 34.8 Å². The molecule has 1 fully saturated rings. The van der Waals surface area contributed by atoms with Gasteiger partial charge in [-0.3, -0.25) is 18.7 Å². The minimum absolute atomic E-state index is 0.0288. The lowest BCUT2D eigenvalue weighted by atomic mass is 10.0. The Labute approximate surface area is 180 Å². The van der Waals surface area contributed by atoms with E-state index in [1.54, 1.807) is 0 Å². The molecule has 2 aliphatic heterocycles. The third-order valence-electron chi connectivity index (χ3n) is 4.21. The van der Waals surface area contributed by atoms with Crippen molar-refractivity contribution in [3.05, 3.63) is 35.0 Å². The van der Waals surface area contributed by atoms with Crippen molar-refractivity contribution in [3.8, 4) is 0 Å². The highest BCUT2D eigenvalue weighted by atomic mass is 32.2. The first-order chi connectivity index (χ1) is 14.6. The smallest absolute Gasteiger partial charge is 0.352 e. The maximum atomic E-state index is 12.7. The van der Waals surface area contributed by atoms with E-state index in [1.807, 2.05) is 0 Å². The van der Waals surface area contributed by atoms with Crippen molar-refractivity contribution in [2.75, 3.05) is 18.1 Å². The second kappa shape index (κ2) is 8.65. The monoisotopic (exact) mass is 469 g/mol. The number of nitrogens with zero attached hydrogens (tertiary/aromatic N) is 3. The fourth-order valence-corrected chi connectivity index (χ4v) is 5.14.